The molecule has 2 heterocycles. The number of hydrogen-bond acceptors (Lipinski definition) is 3. The van der Waals surface area contributed by atoms with Crippen LogP contribution in [0.1, 0.15) is 12.8 Å². The summed E-state index contributed by atoms with van der Waals surface area (Å²) in [7, 11) is 0. The van der Waals surface area contributed by atoms with Gasteiger partial charge in [-0.25, -0.2) is 19.3 Å². The number of rotatable bonds is 1. The summed E-state index contributed by atoms with van der Waals surface area (Å²) in [6.45, 7) is 0.197. The molecule has 0 aromatic heterocycles. The number of carbonyl (C=O) groups excluding carboxylic acids is 1. The van der Waals surface area contributed by atoms with Crippen molar-refractivity contribution in [2.45, 2.75) is 24.9 Å². The summed E-state index contributed by atoms with van der Waals surface area (Å²) in [6.07, 6.45) is -0.570. The van der Waals surface area contributed by atoms with Crippen LogP contribution in [0.2, 0.25) is 0 Å². The first-order chi connectivity index (χ1) is 7.02. The van der Waals surface area contributed by atoms with Crippen LogP contribution in [0.3, 0.4) is 0 Å². The van der Waals surface area contributed by atoms with Crippen molar-refractivity contribution in [3.05, 3.63) is 0 Å². The summed E-state index contributed by atoms with van der Waals surface area (Å²) in [6, 6.07) is -1.97. The van der Waals surface area contributed by atoms with Crippen LogP contribution < -0.4 is 0 Å². The number of piperidine rings is 1. The van der Waals surface area contributed by atoms with Crippen molar-refractivity contribution in [1.82, 2.24) is 9.80 Å². The van der Waals surface area contributed by atoms with Gasteiger partial charge in [0.2, 0.25) is 0 Å². The van der Waals surface area contributed by atoms with Crippen molar-refractivity contribution < 1.29 is 24.6 Å². The molecule has 2 atom stereocenters. The lowest BCUT2D eigenvalue weighted by Gasteiger charge is -2.26. The van der Waals surface area contributed by atoms with Crippen LogP contribution in [-0.4, -0.2) is 56.7 Å². The number of amides is 3. The lowest BCUT2D eigenvalue weighted by Crippen LogP contribution is -2.45. The van der Waals surface area contributed by atoms with E-state index in [1.165, 1.54) is 0 Å². The molecule has 82 valence electrons. The Balaban J connectivity index is 2.25. The largest absolute Gasteiger partial charge is 0.480 e. The topological polar surface area (TPSA) is 98.2 Å². The summed E-state index contributed by atoms with van der Waals surface area (Å²) in [5.74, 6) is -1.07. The molecule has 2 rings (SSSR count). The van der Waals surface area contributed by atoms with Gasteiger partial charge in [0, 0.05) is 6.54 Å². The number of carbonyl (C=O) groups is 3. The highest BCUT2D eigenvalue weighted by atomic mass is 16.4. The van der Waals surface area contributed by atoms with Gasteiger partial charge in [-0.2, -0.15) is 0 Å². The van der Waals surface area contributed by atoms with E-state index >= 15 is 0 Å². The molecule has 15 heavy (non-hydrogen) atoms. The van der Waals surface area contributed by atoms with Crippen LogP contribution in [-0.2, 0) is 4.79 Å². The molecule has 0 aromatic rings. The predicted octanol–water partition coefficient (Wildman–Crippen LogP) is 0.0176. The third-order valence-electron chi connectivity index (χ3n) is 2.87. The van der Waals surface area contributed by atoms with Crippen LogP contribution in [0.4, 0.5) is 9.59 Å². The fraction of sp³-hybridized carbons (Fsp3) is 0.625. The zero-order valence-electron chi connectivity index (χ0n) is 7.79. The van der Waals surface area contributed by atoms with E-state index in [0.29, 0.717) is 12.8 Å². The molecule has 0 aliphatic carbocycles. The Morgan fingerprint density at radius 2 is 1.93 bits per heavy atom. The Hall–Kier alpha value is -1.79. The summed E-state index contributed by atoms with van der Waals surface area (Å²) in [4.78, 5) is 35.0. The lowest BCUT2D eigenvalue weighted by atomic mass is 10.0. The molecule has 2 bridgehead atoms. The molecule has 2 aliphatic rings. The first kappa shape index (κ1) is 9.75. The zero-order chi connectivity index (χ0) is 11.2. The van der Waals surface area contributed by atoms with Gasteiger partial charge in [0.15, 0.2) is 0 Å². The molecule has 2 saturated heterocycles. The maximum Gasteiger partial charge on any atom is 0.415 e. The highest BCUT2D eigenvalue weighted by Crippen LogP contribution is 2.29. The predicted molar refractivity (Wildman–Crippen MR) is 46.4 cm³/mol. The van der Waals surface area contributed by atoms with E-state index in [2.05, 4.69) is 0 Å². The van der Waals surface area contributed by atoms with Crippen molar-refractivity contribution >= 4 is 18.1 Å². The van der Waals surface area contributed by atoms with Crippen LogP contribution >= 0.6 is 0 Å². The standard InChI is InChI=1S/C8H10N2O5/c11-6(12)5-2-1-4-3-9(5)7(13)10(4)8(14)15/h4-5H,1-3H2,(H,11,12)(H,14,15)/t4-,5+/m1/s1. The molecular weight excluding hydrogens is 204 g/mol. The van der Waals surface area contributed by atoms with Gasteiger partial charge in [-0.05, 0) is 12.8 Å². The number of carboxylic acid groups (broad SMARTS) is 2. The third-order valence-corrected chi connectivity index (χ3v) is 2.87. The van der Waals surface area contributed by atoms with Gasteiger partial charge in [0.25, 0.3) is 0 Å². The van der Waals surface area contributed by atoms with E-state index in [0.717, 1.165) is 9.80 Å². The Bertz CT molecular complexity index is 342. The zero-order valence-corrected chi connectivity index (χ0v) is 7.79. The molecule has 2 fully saturated rings. The van der Waals surface area contributed by atoms with Crippen LogP contribution in [0, 0.1) is 0 Å². The maximum atomic E-state index is 11.6. The SMILES string of the molecule is O=C(O)[C@@H]1CC[C@@H]2CN1C(=O)N2C(=O)O. The van der Waals surface area contributed by atoms with Crippen LogP contribution in [0.15, 0.2) is 0 Å². The van der Waals surface area contributed by atoms with Gasteiger partial charge < -0.3 is 15.1 Å². The van der Waals surface area contributed by atoms with Crippen molar-refractivity contribution in [3.8, 4) is 0 Å². The van der Waals surface area contributed by atoms with E-state index in [9.17, 15) is 14.4 Å². The highest BCUT2D eigenvalue weighted by molar-refractivity contribution is 5.95. The quantitative estimate of drug-likeness (QED) is 0.641. The minimum atomic E-state index is -1.31. The Labute approximate surface area is 84.9 Å². The van der Waals surface area contributed by atoms with Gasteiger partial charge >= 0.3 is 18.1 Å². The smallest absolute Gasteiger partial charge is 0.415 e. The summed E-state index contributed by atoms with van der Waals surface area (Å²) in [5, 5.41) is 17.6. The first-order valence-electron chi connectivity index (χ1n) is 4.58. The average molecular weight is 214 g/mol. The number of urea groups is 1. The number of aliphatic carboxylic acids is 1. The molecule has 2 N–H and O–H groups in total. The van der Waals surface area contributed by atoms with Gasteiger partial charge in [0.1, 0.15) is 6.04 Å². The molecule has 0 saturated carbocycles. The minimum Gasteiger partial charge on any atom is -0.480 e. The van der Waals surface area contributed by atoms with Crippen molar-refractivity contribution in [2.75, 3.05) is 6.54 Å². The van der Waals surface area contributed by atoms with Crippen LogP contribution in [0.5, 0.6) is 0 Å². The maximum absolute atomic E-state index is 11.6. The molecule has 3 amide bonds. The number of nitrogens with zero attached hydrogens (tertiary/aromatic N) is 2. The minimum absolute atomic E-state index is 0.197. The molecular formula is C8H10N2O5. The van der Waals surface area contributed by atoms with E-state index in [4.69, 9.17) is 10.2 Å². The van der Waals surface area contributed by atoms with Gasteiger partial charge in [-0.3, -0.25) is 0 Å². The normalized spacial score (nSPS) is 29.5. The monoisotopic (exact) mass is 214 g/mol. The molecule has 0 radical (unpaired) electrons. The molecule has 0 unspecified atom stereocenters. The molecule has 2 aliphatic heterocycles. The van der Waals surface area contributed by atoms with E-state index in [1.54, 1.807) is 0 Å². The van der Waals surface area contributed by atoms with Crippen molar-refractivity contribution in [2.24, 2.45) is 0 Å². The third kappa shape index (κ3) is 1.31. The lowest BCUT2D eigenvalue weighted by molar-refractivity contribution is -0.142. The van der Waals surface area contributed by atoms with E-state index < -0.39 is 24.1 Å². The molecule has 0 spiro atoms. The Morgan fingerprint density at radius 3 is 2.47 bits per heavy atom. The van der Waals surface area contributed by atoms with E-state index in [-0.39, 0.29) is 12.6 Å². The second-order valence-corrected chi connectivity index (χ2v) is 3.67. The van der Waals surface area contributed by atoms with Crippen molar-refractivity contribution in [1.29, 1.82) is 0 Å². The highest BCUT2D eigenvalue weighted by Gasteiger charge is 2.49. The number of hydrogen-bond donors (Lipinski definition) is 2. The summed E-state index contributed by atoms with van der Waals surface area (Å²) < 4.78 is 0. The van der Waals surface area contributed by atoms with Gasteiger partial charge in [0.05, 0.1) is 6.04 Å². The fourth-order valence-corrected chi connectivity index (χ4v) is 2.16. The average Bonchev–Trinajstić information content (AvgIpc) is 2.39. The second kappa shape index (κ2) is 3.11. The summed E-state index contributed by atoms with van der Waals surface area (Å²) >= 11 is 0. The number of imide groups is 1. The van der Waals surface area contributed by atoms with Gasteiger partial charge in [-0.1, -0.05) is 0 Å². The van der Waals surface area contributed by atoms with Crippen molar-refractivity contribution in [3.63, 3.8) is 0 Å². The Kier molecular flexibility index (Phi) is 2.02. The summed E-state index contributed by atoms with van der Waals surface area (Å²) in [5.41, 5.74) is 0. The fourth-order valence-electron chi connectivity index (χ4n) is 2.16. The van der Waals surface area contributed by atoms with E-state index in [1.807, 2.05) is 0 Å². The number of fused-ring (bicyclic) bond motifs is 2. The van der Waals surface area contributed by atoms with Gasteiger partial charge in [-0.15, -0.1) is 0 Å². The molecule has 7 nitrogen and oxygen atoms in total. The first-order valence-corrected chi connectivity index (χ1v) is 4.58. The number of carboxylic acids is 1. The second-order valence-electron chi connectivity index (χ2n) is 3.67. The Morgan fingerprint density at radius 1 is 1.27 bits per heavy atom. The molecule has 7 heteroatoms. The van der Waals surface area contributed by atoms with Crippen LogP contribution in [0.25, 0.3) is 0 Å². The molecule has 0 aromatic carbocycles.